The van der Waals surface area contributed by atoms with E-state index in [0.29, 0.717) is 40.4 Å². The zero-order valence-corrected chi connectivity index (χ0v) is 20.0. The molecule has 1 aromatic heterocycles. The van der Waals surface area contributed by atoms with Crippen LogP contribution in [-0.2, 0) is 11.3 Å². The maximum absolute atomic E-state index is 12.8. The van der Waals surface area contributed by atoms with Crippen LogP contribution in [-0.4, -0.2) is 34.0 Å². The normalized spacial score (nSPS) is 17.0. The van der Waals surface area contributed by atoms with Gasteiger partial charge in [-0.05, 0) is 68.3 Å². The average Bonchev–Trinajstić information content (AvgIpc) is 3.19. The summed E-state index contributed by atoms with van der Waals surface area (Å²) in [4.78, 5) is 19.4. The molecule has 31 heavy (non-hydrogen) atoms. The summed E-state index contributed by atoms with van der Waals surface area (Å²) in [5.41, 5.74) is 2.56. The number of benzene rings is 2. The van der Waals surface area contributed by atoms with Crippen molar-refractivity contribution >= 4 is 50.7 Å². The van der Waals surface area contributed by atoms with E-state index >= 15 is 0 Å². The first-order chi connectivity index (χ1) is 14.9. The SMILES string of the molecule is Cc1cc(NC(=O)C2CCCN(Cc3nc(-c4ccc(Cl)cc4Cl)no3)C2)ccc1Br. The first-order valence-corrected chi connectivity index (χ1v) is 11.5. The number of halogens is 3. The first-order valence-electron chi connectivity index (χ1n) is 9.96. The molecule has 1 atom stereocenters. The number of amides is 1. The van der Waals surface area contributed by atoms with Gasteiger partial charge in [-0.25, -0.2) is 0 Å². The van der Waals surface area contributed by atoms with E-state index in [4.69, 9.17) is 27.7 Å². The summed E-state index contributed by atoms with van der Waals surface area (Å²) in [6.45, 7) is 4.00. The number of hydrogen-bond acceptors (Lipinski definition) is 5. The van der Waals surface area contributed by atoms with Crippen LogP contribution in [0, 0.1) is 12.8 Å². The standard InChI is InChI=1S/C22H21BrCl2N4O2/c1-13-9-16(5-7-18(13)23)26-22(30)14-3-2-8-29(11-14)12-20-27-21(28-31-20)17-6-4-15(24)10-19(17)25/h4-7,9-10,14H,2-3,8,11-12H2,1H3,(H,26,30). The largest absolute Gasteiger partial charge is 0.338 e. The Kier molecular flexibility index (Phi) is 6.96. The van der Waals surface area contributed by atoms with E-state index in [9.17, 15) is 4.79 Å². The highest BCUT2D eigenvalue weighted by Crippen LogP contribution is 2.29. The molecule has 0 radical (unpaired) electrons. The molecule has 9 heteroatoms. The maximum Gasteiger partial charge on any atom is 0.241 e. The number of hydrogen-bond donors (Lipinski definition) is 1. The Morgan fingerprint density at radius 2 is 2.13 bits per heavy atom. The Labute approximate surface area is 199 Å². The zero-order chi connectivity index (χ0) is 22.0. The van der Waals surface area contributed by atoms with Gasteiger partial charge in [0.2, 0.25) is 17.6 Å². The molecule has 1 N–H and O–H groups in total. The lowest BCUT2D eigenvalue weighted by Gasteiger charge is -2.30. The van der Waals surface area contributed by atoms with Gasteiger partial charge in [0.25, 0.3) is 0 Å². The molecule has 2 aromatic carbocycles. The number of nitrogens with zero attached hydrogens (tertiary/aromatic N) is 3. The van der Waals surface area contributed by atoms with Gasteiger partial charge in [0.05, 0.1) is 17.5 Å². The molecule has 162 valence electrons. The van der Waals surface area contributed by atoms with Crippen molar-refractivity contribution in [2.75, 3.05) is 18.4 Å². The van der Waals surface area contributed by atoms with Crippen LogP contribution in [0.5, 0.6) is 0 Å². The highest BCUT2D eigenvalue weighted by atomic mass is 79.9. The molecule has 1 saturated heterocycles. The van der Waals surface area contributed by atoms with Gasteiger partial charge in [0.1, 0.15) is 0 Å². The van der Waals surface area contributed by atoms with E-state index in [0.717, 1.165) is 35.1 Å². The van der Waals surface area contributed by atoms with Gasteiger partial charge in [-0.1, -0.05) is 44.3 Å². The molecule has 0 aliphatic carbocycles. The highest BCUT2D eigenvalue weighted by molar-refractivity contribution is 9.10. The van der Waals surface area contributed by atoms with Crippen molar-refractivity contribution in [2.24, 2.45) is 5.92 Å². The van der Waals surface area contributed by atoms with Crippen molar-refractivity contribution in [1.29, 1.82) is 0 Å². The Morgan fingerprint density at radius 1 is 1.29 bits per heavy atom. The lowest BCUT2D eigenvalue weighted by molar-refractivity contribution is -0.121. The molecule has 0 bridgehead atoms. The molecule has 1 aliphatic heterocycles. The lowest BCUT2D eigenvalue weighted by atomic mass is 9.97. The van der Waals surface area contributed by atoms with Crippen LogP contribution in [0.15, 0.2) is 45.4 Å². The summed E-state index contributed by atoms with van der Waals surface area (Å²) in [6.07, 6.45) is 1.79. The fourth-order valence-electron chi connectivity index (χ4n) is 3.67. The molecule has 2 heterocycles. The van der Waals surface area contributed by atoms with Crippen LogP contribution in [0.2, 0.25) is 10.0 Å². The fourth-order valence-corrected chi connectivity index (χ4v) is 4.41. The summed E-state index contributed by atoms with van der Waals surface area (Å²) in [7, 11) is 0. The third-order valence-corrected chi connectivity index (χ3v) is 6.74. The van der Waals surface area contributed by atoms with Crippen LogP contribution in [0.1, 0.15) is 24.3 Å². The minimum absolute atomic E-state index is 0.0330. The fraction of sp³-hybridized carbons (Fsp3) is 0.318. The predicted octanol–water partition coefficient (Wildman–Crippen LogP) is 5.97. The van der Waals surface area contributed by atoms with Crippen LogP contribution in [0.25, 0.3) is 11.4 Å². The minimum atomic E-state index is -0.0918. The number of rotatable bonds is 5. The Hall–Kier alpha value is -1.93. The summed E-state index contributed by atoms with van der Waals surface area (Å²) in [5, 5.41) is 8.10. The van der Waals surface area contributed by atoms with Gasteiger partial charge in [-0.2, -0.15) is 4.98 Å². The van der Waals surface area contributed by atoms with E-state index in [1.807, 2.05) is 25.1 Å². The van der Waals surface area contributed by atoms with Crippen molar-refractivity contribution in [3.05, 3.63) is 62.4 Å². The monoisotopic (exact) mass is 522 g/mol. The van der Waals surface area contributed by atoms with Gasteiger partial charge in [-0.3, -0.25) is 9.69 Å². The molecular formula is C22H21BrCl2N4O2. The van der Waals surface area contributed by atoms with Crippen LogP contribution in [0.4, 0.5) is 5.69 Å². The van der Waals surface area contributed by atoms with Crippen molar-refractivity contribution in [3.63, 3.8) is 0 Å². The van der Waals surface area contributed by atoms with E-state index in [1.165, 1.54) is 0 Å². The van der Waals surface area contributed by atoms with E-state index in [1.54, 1.807) is 18.2 Å². The number of anilines is 1. The van der Waals surface area contributed by atoms with Crippen molar-refractivity contribution in [1.82, 2.24) is 15.0 Å². The zero-order valence-electron chi connectivity index (χ0n) is 16.9. The predicted molar refractivity (Wildman–Crippen MR) is 125 cm³/mol. The number of carbonyl (C=O) groups is 1. The Balaban J connectivity index is 1.38. The van der Waals surface area contributed by atoms with Gasteiger partial charge < -0.3 is 9.84 Å². The van der Waals surface area contributed by atoms with Gasteiger partial charge in [-0.15, -0.1) is 0 Å². The number of aryl methyl sites for hydroxylation is 1. The second kappa shape index (κ2) is 9.69. The topological polar surface area (TPSA) is 71.3 Å². The first kappa shape index (κ1) is 22.3. The smallest absolute Gasteiger partial charge is 0.241 e. The van der Waals surface area contributed by atoms with E-state index < -0.39 is 0 Å². The van der Waals surface area contributed by atoms with Gasteiger partial charge in [0.15, 0.2) is 0 Å². The molecule has 3 aromatic rings. The molecule has 1 aliphatic rings. The molecule has 1 unspecified atom stereocenters. The highest BCUT2D eigenvalue weighted by Gasteiger charge is 2.27. The molecule has 1 fully saturated rings. The quantitative estimate of drug-likeness (QED) is 0.446. The number of carbonyl (C=O) groups excluding carboxylic acids is 1. The molecule has 4 rings (SSSR count). The third kappa shape index (κ3) is 5.47. The second-order valence-electron chi connectivity index (χ2n) is 7.66. The molecule has 6 nitrogen and oxygen atoms in total. The molecule has 0 saturated carbocycles. The average molecular weight is 524 g/mol. The van der Waals surface area contributed by atoms with Crippen LogP contribution >= 0.6 is 39.1 Å². The Morgan fingerprint density at radius 3 is 2.90 bits per heavy atom. The lowest BCUT2D eigenvalue weighted by Crippen LogP contribution is -2.40. The summed E-state index contributed by atoms with van der Waals surface area (Å²) in [6, 6.07) is 11.0. The summed E-state index contributed by atoms with van der Waals surface area (Å²) in [5.74, 6) is 0.857. The Bertz CT molecular complexity index is 1100. The van der Waals surface area contributed by atoms with Crippen molar-refractivity contribution in [2.45, 2.75) is 26.3 Å². The third-order valence-electron chi connectivity index (χ3n) is 5.30. The number of likely N-dealkylation sites (tertiary alicyclic amines) is 1. The number of piperidine rings is 1. The second-order valence-corrected chi connectivity index (χ2v) is 9.36. The summed E-state index contributed by atoms with van der Waals surface area (Å²) < 4.78 is 6.44. The minimum Gasteiger partial charge on any atom is -0.338 e. The number of nitrogens with one attached hydrogen (secondary N) is 1. The van der Waals surface area contributed by atoms with Crippen LogP contribution in [0.3, 0.4) is 0 Å². The van der Waals surface area contributed by atoms with Gasteiger partial charge >= 0.3 is 0 Å². The van der Waals surface area contributed by atoms with Crippen molar-refractivity contribution < 1.29 is 9.32 Å². The van der Waals surface area contributed by atoms with E-state index in [-0.39, 0.29) is 11.8 Å². The molecule has 1 amide bonds. The maximum atomic E-state index is 12.8. The van der Waals surface area contributed by atoms with E-state index in [2.05, 4.69) is 36.3 Å². The molecule has 0 spiro atoms. The van der Waals surface area contributed by atoms with Gasteiger partial charge in [0, 0.05) is 27.3 Å². The summed E-state index contributed by atoms with van der Waals surface area (Å²) >= 11 is 15.7. The van der Waals surface area contributed by atoms with Crippen molar-refractivity contribution in [3.8, 4) is 11.4 Å². The van der Waals surface area contributed by atoms with Crippen LogP contribution < -0.4 is 5.32 Å². The number of aromatic nitrogens is 2. The molecular weight excluding hydrogens is 503 g/mol.